The maximum Gasteiger partial charge on any atom is 0.255 e. The second kappa shape index (κ2) is 9.11. The molecule has 0 saturated carbocycles. The van der Waals surface area contributed by atoms with Crippen LogP contribution in [0.15, 0.2) is 48.5 Å². The van der Waals surface area contributed by atoms with Crippen molar-refractivity contribution in [2.24, 2.45) is 5.92 Å². The van der Waals surface area contributed by atoms with Gasteiger partial charge in [0.15, 0.2) is 0 Å². The van der Waals surface area contributed by atoms with E-state index < -0.39 is 0 Å². The second-order valence-corrected chi connectivity index (χ2v) is 8.08. The molecular formula is C23H33N3O2. The van der Waals surface area contributed by atoms with Gasteiger partial charge >= 0.3 is 0 Å². The SMILES string of the molecule is CC(C)COc1ccc(C(=O)Nc2ccc(N3CCC(N(C)C)C3)cc2)cc1.[HH]. The highest BCUT2D eigenvalue weighted by molar-refractivity contribution is 6.04. The molecule has 1 fully saturated rings. The Bertz CT molecular complexity index is 776. The van der Waals surface area contributed by atoms with E-state index in [0.717, 1.165) is 24.5 Å². The van der Waals surface area contributed by atoms with Crippen LogP contribution in [-0.4, -0.2) is 50.6 Å². The van der Waals surface area contributed by atoms with Gasteiger partial charge in [-0.05, 0) is 75.0 Å². The third kappa shape index (κ3) is 5.26. The monoisotopic (exact) mass is 383 g/mol. The van der Waals surface area contributed by atoms with Crippen molar-refractivity contribution in [2.45, 2.75) is 26.3 Å². The molecule has 2 aromatic rings. The first-order valence-electron chi connectivity index (χ1n) is 9.98. The van der Waals surface area contributed by atoms with Crippen molar-refractivity contribution >= 4 is 17.3 Å². The first-order chi connectivity index (χ1) is 13.4. The molecule has 1 amide bonds. The fourth-order valence-corrected chi connectivity index (χ4v) is 3.32. The number of rotatable bonds is 7. The molecule has 2 aromatic carbocycles. The summed E-state index contributed by atoms with van der Waals surface area (Å²) in [6, 6.07) is 16.0. The molecule has 1 aliphatic rings. The van der Waals surface area contributed by atoms with Crippen LogP contribution in [0.4, 0.5) is 11.4 Å². The molecule has 0 bridgehead atoms. The first-order valence-corrected chi connectivity index (χ1v) is 9.98. The van der Waals surface area contributed by atoms with Gasteiger partial charge in [-0.3, -0.25) is 4.79 Å². The largest absolute Gasteiger partial charge is 0.493 e. The van der Waals surface area contributed by atoms with E-state index in [4.69, 9.17) is 4.74 Å². The van der Waals surface area contributed by atoms with E-state index in [1.54, 1.807) is 12.1 Å². The number of ether oxygens (including phenoxy) is 1. The summed E-state index contributed by atoms with van der Waals surface area (Å²) < 4.78 is 5.67. The number of nitrogens with one attached hydrogen (secondary N) is 1. The number of benzene rings is 2. The quantitative estimate of drug-likeness (QED) is 0.772. The molecule has 0 spiro atoms. The molecule has 28 heavy (non-hydrogen) atoms. The minimum atomic E-state index is -0.114. The number of nitrogens with zero attached hydrogens (tertiary/aromatic N) is 2. The summed E-state index contributed by atoms with van der Waals surface area (Å²) >= 11 is 0. The van der Waals surface area contributed by atoms with E-state index in [1.165, 1.54) is 12.1 Å². The van der Waals surface area contributed by atoms with Gasteiger partial charge in [0.2, 0.25) is 0 Å². The summed E-state index contributed by atoms with van der Waals surface area (Å²) in [5.41, 5.74) is 2.63. The normalized spacial score (nSPS) is 16.6. The van der Waals surface area contributed by atoms with Crippen LogP contribution >= 0.6 is 0 Å². The molecule has 1 aliphatic heterocycles. The lowest BCUT2D eigenvalue weighted by atomic mass is 10.2. The van der Waals surface area contributed by atoms with E-state index in [1.807, 2.05) is 24.3 Å². The lowest BCUT2D eigenvalue weighted by Gasteiger charge is -2.22. The topological polar surface area (TPSA) is 44.8 Å². The molecule has 1 N–H and O–H groups in total. The molecule has 0 aliphatic carbocycles. The molecule has 5 nitrogen and oxygen atoms in total. The van der Waals surface area contributed by atoms with Crippen molar-refractivity contribution < 1.29 is 11.0 Å². The minimum Gasteiger partial charge on any atom is -0.493 e. The van der Waals surface area contributed by atoms with E-state index in [-0.39, 0.29) is 7.33 Å². The van der Waals surface area contributed by atoms with Crippen LogP contribution in [-0.2, 0) is 0 Å². The lowest BCUT2D eigenvalue weighted by molar-refractivity contribution is 0.102. The fourth-order valence-electron chi connectivity index (χ4n) is 3.32. The van der Waals surface area contributed by atoms with Gasteiger partial charge in [0, 0.05) is 37.5 Å². The molecule has 3 rings (SSSR count). The van der Waals surface area contributed by atoms with E-state index in [2.05, 4.69) is 55.2 Å². The van der Waals surface area contributed by atoms with Crippen LogP contribution in [0.25, 0.3) is 0 Å². The summed E-state index contributed by atoms with van der Waals surface area (Å²) in [4.78, 5) is 17.2. The van der Waals surface area contributed by atoms with Gasteiger partial charge < -0.3 is 19.9 Å². The van der Waals surface area contributed by atoms with Gasteiger partial charge in [-0.2, -0.15) is 0 Å². The molecule has 1 heterocycles. The van der Waals surface area contributed by atoms with Crippen molar-refractivity contribution in [2.75, 3.05) is 44.0 Å². The van der Waals surface area contributed by atoms with Gasteiger partial charge in [0.05, 0.1) is 6.61 Å². The smallest absolute Gasteiger partial charge is 0.255 e. The molecule has 1 unspecified atom stereocenters. The summed E-state index contributed by atoms with van der Waals surface area (Å²) in [7, 11) is 4.27. The summed E-state index contributed by atoms with van der Waals surface area (Å²) in [5.74, 6) is 1.15. The highest BCUT2D eigenvalue weighted by Crippen LogP contribution is 2.24. The van der Waals surface area contributed by atoms with Gasteiger partial charge in [-0.25, -0.2) is 0 Å². The van der Waals surface area contributed by atoms with Gasteiger partial charge in [0.25, 0.3) is 5.91 Å². The molecule has 0 aromatic heterocycles. The van der Waals surface area contributed by atoms with Crippen LogP contribution in [0, 0.1) is 5.92 Å². The molecule has 152 valence electrons. The Kier molecular flexibility index (Phi) is 6.57. The van der Waals surface area contributed by atoms with E-state index in [0.29, 0.717) is 24.1 Å². The van der Waals surface area contributed by atoms with Crippen molar-refractivity contribution in [3.05, 3.63) is 54.1 Å². The van der Waals surface area contributed by atoms with Crippen molar-refractivity contribution in [3.63, 3.8) is 0 Å². The first kappa shape index (κ1) is 20.2. The summed E-state index contributed by atoms with van der Waals surface area (Å²) in [6.45, 7) is 7.00. The van der Waals surface area contributed by atoms with Crippen molar-refractivity contribution in [3.8, 4) is 5.75 Å². The lowest BCUT2D eigenvalue weighted by Crippen LogP contribution is -2.31. The highest BCUT2D eigenvalue weighted by atomic mass is 16.5. The average Bonchev–Trinajstić information content (AvgIpc) is 3.18. The maximum atomic E-state index is 12.5. The minimum absolute atomic E-state index is 0. The Labute approximate surface area is 169 Å². The maximum absolute atomic E-state index is 12.5. The zero-order valence-corrected chi connectivity index (χ0v) is 17.3. The Morgan fingerprint density at radius 1 is 1.18 bits per heavy atom. The standard InChI is InChI=1S/C23H31N3O2.H2/c1-17(2)16-28-22-11-5-18(6-12-22)23(27)24-19-7-9-20(10-8-19)26-14-13-21(15-26)25(3)4;/h5-12,17,21H,13-16H2,1-4H3,(H,24,27);1H. The van der Waals surface area contributed by atoms with Crippen LogP contribution in [0.1, 0.15) is 32.1 Å². The van der Waals surface area contributed by atoms with Gasteiger partial charge in [0.1, 0.15) is 5.75 Å². The number of carbonyl (C=O) groups excluding carboxylic acids is 1. The third-order valence-electron chi connectivity index (χ3n) is 5.08. The predicted molar refractivity (Wildman–Crippen MR) is 118 cm³/mol. The number of likely N-dealkylation sites (N-methyl/N-ethyl adjacent to an activating group) is 1. The average molecular weight is 384 g/mol. The molecule has 1 saturated heterocycles. The van der Waals surface area contributed by atoms with Crippen LogP contribution < -0.4 is 15.0 Å². The Hall–Kier alpha value is -2.53. The summed E-state index contributed by atoms with van der Waals surface area (Å²) in [6.07, 6.45) is 1.18. The number of anilines is 2. The highest BCUT2D eigenvalue weighted by Gasteiger charge is 2.23. The van der Waals surface area contributed by atoms with E-state index >= 15 is 0 Å². The van der Waals surface area contributed by atoms with Gasteiger partial charge in [-0.1, -0.05) is 13.8 Å². The Balaban J connectivity index is 0.00000300. The number of hydrogen-bond acceptors (Lipinski definition) is 4. The fraction of sp³-hybridized carbons (Fsp3) is 0.435. The number of carbonyl (C=O) groups is 1. The van der Waals surface area contributed by atoms with Gasteiger partial charge in [-0.15, -0.1) is 0 Å². The molecule has 1 atom stereocenters. The predicted octanol–water partition coefficient (Wildman–Crippen LogP) is 4.36. The Morgan fingerprint density at radius 3 is 2.43 bits per heavy atom. The number of amides is 1. The van der Waals surface area contributed by atoms with Crippen molar-refractivity contribution in [1.82, 2.24) is 4.90 Å². The molecule has 0 radical (unpaired) electrons. The molecular weight excluding hydrogens is 350 g/mol. The van der Waals surface area contributed by atoms with E-state index in [9.17, 15) is 4.79 Å². The Morgan fingerprint density at radius 2 is 1.86 bits per heavy atom. The van der Waals surface area contributed by atoms with Crippen LogP contribution in [0.5, 0.6) is 5.75 Å². The summed E-state index contributed by atoms with van der Waals surface area (Å²) in [5, 5.41) is 2.97. The zero-order valence-electron chi connectivity index (χ0n) is 17.3. The number of hydrogen-bond donors (Lipinski definition) is 1. The van der Waals surface area contributed by atoms with Crippen LogP contribution in [0.2, 0.25) is 0 Å². The van der Waals surface area contributed by atoms with Crippen molar-refractivity contribution in [1.29, 1.82) is 0 Å². The zero-order chi connectivity index (χ0) is 20.1. The third-order valence-corrected chi connectivity index (χ3v) is 5.08. The van der Waals surface area contributed by atoms with Crippen LogP contribution in [0.3, 0.4) is 0 Å². The second-order valence-electron chi connectivity index (χ2n) is 8.08. The molecule has 5 heteroatoms.